The molecular formula is C44H40BCl3N4O4. The van der Waals surface area contributed by atoms with Gasteiger partial charge in [0, 0.05) is 49.9 Å². The third-order valence-electron chi connectivity index (χ3n) is 8.21. The Morgan fingerprint density at radius 1 is 0.518 bits per heavy atom. The molecule has 8 nitrogen and oxygen atoms in total. The van der Waals surface area contributed by atoms with E-state index in [0.29, 0.717) is 38.3 Å². The van der Waals surface area contributed by atoms with E-state index in [1.807, 2.05) is 115 Å². The van der Waals surface area contributed by atoms with E-state index >= 15 is 0 Å². The number of nitrogens with zero attached hydrogens (tertiary/aromatic N) is 4. The third kappa shape index (κ3) is 10.4. The van der Waals surface area contributed by atoms with Crippen LogP contribution >= 0.6 is 34.8 Å². The highest BCUT2D eigenvalue weighted by molar-refractivity contribution is 6.58. The zero-order chi connectivity index (χ0) is 38.0. The molecule has 284 valence electrons. The van der Waals surface area contributed by atoms with E-state index in [2.05, 4.69) is 15.0 Å². The van der Waals surface area contributed by atoms with Crippen molar-refractivity contribution in [2.75, 3.05) is 14.2 Å². The Balaban J connectivity index is 0.000000201. The van der Waals surface area contributed by atoms with Crippen LogP contribution in [-0.2, 0) is 0 Å². The van der Waals surface area contributed by atoms with Gasteiger partial charge in [0.25, 0.3) is 0 Å². The van der Waals surface area contributed by atoms with Crippen molar-refractivity contribution in [2.45, 2.75) is 14.9 Å². The van der Waals surface area contributed by atoms with E-state index in [9.17, 15) is 0 Å². The zero-order valence-corrected chi connectivity index (χ0v) is 31.3. The van der Waals surface area contributed by atoms with Gasteiger partial charge in [-0.15, -0.1) is 0 Å². The maximum absolute atomic E-state index is 8.58. The summed E-state index contributed by atoms with van der Waals surface area (Å²) >= 11 is 18.4. The second-order valence-electron chi connectivity index (χ2n) is 11.7. The van der Waals surface area contributed by atoms with Crippen molar-refractivity contribution < 1.29 is 19.5 Å². The average Bonchev–Trinajstić information content (AvgIpc) is 3.21. The van der Waals surface area contributed by atoms with Crippen molar-refractivity contribution in [2.24, 2.45) is 0 Å². The molecule has 8 rings (SSSR count). The van der Waals surface area contributed by atoms with E-state index in [1.54, 1.807) is 44.7 Å². The Labute approximate surface area is 342 Å². The zero-order valence-electron chi connectivity index (χ0n) is 29.1. The molecule has 0 radical (unpaired) electrons. The van der Waals surface area contributed by atoms with Gasteiger partial charge in [0.05, 0.1) is 14.2 Å². The molecular weight excluding hydrogens is 766 g/mol. The molecule has 2 N–H and O–H groups in total. The van der Waals surface area contributed by atoms with Crippen molar-refractivity contribution in [1.82, 2.24) is 19.9 Å². The predicted octanol–water partition coefficient (Wildman–Crippen LogP) is 10.9. The first-order chi connectivity index (χ1) is 26.2. The number of rotatable bonds is 6. The second-order valence-corrected chi connectivity index (χ2v) is 12.8. The molecule has 2 aromatic heterocycles. The van der Waals surface area contributed by atoms with Crippen molar-refractivity contribution >= 4 is 69.2 Å². The molecule has 0 aliphatic heterocycles. The fourth-order valence-electron chi connectivity index (χ4n) is 5.57. The molecule has 0 atom stereocenters. The first-order valence-corrected chi connectivity index (χ1v) is 17.7. The van der Waals surface area contributed by atoms with Gasteiger partial charge in [-0.3, -0.25) is 0 Å². The summed E-state index contributed by atoms with van der Waals surface area (Å²) in [4.78, 5) is 17.4. The fraction of sp³-hybridized carbons (Fsp3) is 0.0909. The van der Waals surface area contributed by atoms with Crippen molar-refractivity contribution in [3.63, 3.8) is 0 Å². The van der Waals surface area contributed by atoms with Gasteiger partial charge < -0.3 is 19.5 Å². The minimum atomic E-state index is -1.34. The van der Waals surface area contributed by atoms with Crippen LogP contribution in [-0.4, -0.2) is 51.3 Å². The van der Waals surface area contributed by atoms with Crippen molar-refractivity contribution in [1.29, 1.82) is 0 Å². The Hall–Kier alpha value is -5.55. The number of benzene rings is 6. The molecule has 8 aromatic rings. The SMILES string of the molecule is C.C.COc1cc(-c2ccccc2Cl)cc2cnc(-c3ccccc3)nc12.COc1cc(-c2ccccc2Cl)cc2cnc(Cl)nc12.OB(O)c1ccccc1. The highest BCUT2D eigenvalue weighted by atomic mass is 35.5. The largest absolute Gasteiger partial charge is 0.494 e. The number of hydrogen-bond donors (Lipinski definition) is 2. The molecule has 0 amide bonds. The number of hydrogen-bond acceptors (Lipinski definition) is 8. The Morgan fingerprint density at radius 2 is 0.964 bits per heavy atom. The van der Waals surface area contributed by atoms with E-state index < -0.39 is 7.12 Å². The van der Waals surface area contributed by atoms with Crippen LogP contribution in [0.25, 0.3) is 55.4 Å². The lowest BCUT2D eigenvalue weighted by atomic mass is 9.81. The van der Waals surface area contributed by atoms with Crippen LogP contribution in [0.2, 0.25) is 15.3 Å². The van der Waals surface area contributed by atoms with Gasteiger partial charge in [-0.25, -0.2) is 19.9 Å². The molecule has 0 aliphatic rings. The van der Waals surface area contributed by atoms with Crippen LogP contribution in [0, 0.1) is 0 Å². The molecule has 0 unspecified atom stereocenters. The molecule has 56 heavy (non-hydrogen) atoms. The summed E-state index contributed by atoms with van der Waals surface area (Å²) in [7, 11) is 1.91. The van der Waals surface area contributed by atoms with Gasteiger partial charge in [-0.2, -0.15) is 0 Å². The number of ether oxygens (including phenoxy) is 2. The van der Waals surface area contributed by atoms with Gasteiger partial charge in [-0.1, -0.05) is 135 Å². The Kier molecular flexibility index (Phi) is 15.7. The van der Waals surface area contributed by atoms with Crippen LogP contribution in [0.5, 0.6) is 11.5 Å². The van der Waals surface area contributed by atoms with Crippen LogP contribution < -0.4 is 14.9 Å². The molecule has 0 saturated carbocycles. The topological polar surface area (TPSA) is 110 Å². The number of aromatic nitrogens is 4. The summed E-state index contributed by atoms with van der Waals surface area (Å²) in [6, 6.07) is 41.8. The van der Waals surface area contributed by atoms with Crippen LogP contribution in [0.1, 0.15) is 14.9 Å². The molecule has 0 fully saturated rings. The minimum absolute atomic E-state index is 0. The lowest BCUT2D eigenvalue weighted by Crippen LogP contribution is -2.29. The number of halogens is 3. The first kappa shape index (κ1) is 43.2. The van der Waals surface area contributed by atoms with E-state index in [1.165, 1.54) is 0 Å². The summed E-state index contributed by atoms with van der Waals surface area (Å²) < 4.78 is 11.0. The van der Waals surface area contributed by atoms with Crippen LogP contribution in [0.3, 0.4) is 0 Å². The summed E-state index contributed by atoms with van der Waals surface area (Å²) in [5.74, 6) is 2.02. The van der Waals surface area contributed by atoms with Gasteiger partial charge in [0.15, 0.2) is 5.82 Å². The van der Waals surface area contributed by atoms with Gasteiger partial charge in [0.1, 0.15) is 22.5 Å². The average molecular weight is 806 g/mol. The molecule has 6 aromatic carbocycles. The van der Waals surface area contributed by atoms with Crippen LogP contribution in [0.15, 0.2) is 146 Å². The molecule has 0 bridgehead atoms. The predicted molar refractivity (Wildman–Crippen MR) is 233 cm³/mol. The lowest BCUT2D eigenvalue weighted by molar-refractivity contribution is 0.419. The number of methoxy groups -OCH3 is 2. The van der Waals surface area contributed by atoms with Crippen molar-refractivity contribution in [3.8, 4) is 45.1 Å². The van der Waals surface area contributed by atoms with Gasteiger partial charge >= 0.3 is 7.12 Å². The maximum atomic E-state index is 8.58. The standard InChI is InChI=1S/C21H15ClN2O.C15H10Cl2N2O.C6H7BO2.2CH4/c1-25-19-12-15(17-9-5-6-10-18(17)22)11-16-13-23-21(24-20(16)19)14-7-3-2-4-8-14;1-20-13-7-9(11-4-2-3-5-12(11)16)6-10-8-18-15(17)19-14(10)13;8-7(9)6-4-2-1-3-5-6;;/h2-13H,1H3;2-8H,1H3;1-5,8-9H;2*1H4. The molecule has 0 aliphatic carbocycles. The van der Waals surface area contributed by atoms with E-state index in [0.717, 1.165) is 44.1 Å². The normalized spacial score (nSPS) is 10.1. The molecule has 0 saturated heterocycles. The summed E-state index contributed by atoms with van der Waals surface area (Å²) in [6.07, 6.45) is 3.50. The highest BCUT2D eigenvalue weighted by Crippen LogP contribution is 2.36. The van der Waals surface area contributed by atoms with Gasteiger partial charge in [-0.05, 0) is 64.6 Å². The lowest BCUT2D eigenvalue weighted by Gasteiger charge is -2.11. The maximum Gasteiger partial charge on any atom is 0.488 e. The minimum Gasteiger partial charge on any atom is -0.494 e. The summed E-state index contributed by atoms with van der Waals surface area (Å²) in [5, 5.41) is 20.5. The fourth-order valence-corrected chi connectivity index (χ4v) is 6.19. The summed E-state index contributed by atoms with van der Waals surface area (Å²) in [6.45, 7) is 0. The van der Waals surface area contributed by atoms with Crippen molar-refractivity contribution in [3.05, 3.63) is 161 Å². The quantitative estimate of drug-likeness (QED) is 0.126. The molecule has 2 heterocycles. The van der Waals surface area contributed by atoms with Crippen LogP contribution in [0.4, 0.5) is 0 Å². The smallest absolute Gasteiger partial charge is 0.488 e. The Morgan fingerprint density at radius 3 is 1.43 bits per heavy atom. The van der Waals surface area contributed by atoms with Gasteiger partial charge in [0.2, 0.25) is 5.28 Å². The molecule has 12 heteroatoms. The second kappa shape index (κ2) is 20.4. The Bertz CT molecular complexity index is 2510. The van der Waals surface area contributed by atoms with E-state index in [-0.39, 0.29) is 20.1 Å². The first-order valence-electron chi connectivity index (χ1n) is 16.6. The molecule has 0 spiro atoms. The monoisotopic (exact) mass is 804 g/mol. The summed E-state index contributed by atoms with van der Waals surface area (Å²) in [5.41, 5.74) is 6.78. The van der Waals surface area contributed by atoms with E-state index in [4.69, 9.17) is 59.3 Å². The number of fused-ring (bicyclic) bond motifs is 2. The third-order valence-corrected chi connectivity index (χ3v) is 9.05. The highest BCUT2D eigenvalue weighted by Gasteiger charge is 2.13.